The second kappa shape index (κ2) is 3.96. The van der Waals surface area contributed by atoms with Crippen LogP contribution in [0.3, 0.4) is 0 Å². The highest BCUT2D eigenvalue weighted by Gasteiger charge is 1.97. The number of anilines is 1. The number of nitrogens with one attached hydrogen (secondary N) is 2. The molecule has 0 saturated heterocycles. The van der Waals surface area contributed by atoms with Gasteiger partial charge < -0.3 is 5.32 Å². The van der Waals surface area contributed by atoms with Crippen LogP contribution in [0.4, 0.5) is 5.82 Å². The second-order valence-electron chi connectivity index (χ2n) is 2.21. The van der Waals surface area contributed by atoms with Crippen molar-refractivity contribution in [1.29, 1.82) is 0 Å². The smallest absolute Gasteiger partial charge is 0.225 e. The van der Waals surface area contributed by atoms with Crippen molar-refractivity contribution < 1.29 is 4.79 Å². The minimum absolute atomic E-state index is 0.0620. The Balaban J connectivity index is 2.71. The summed E-state index contributed by atoms with van der Waals surface area (Å²) in [5.74, 6) is 0.434. The maximum Gasteiger partial charge on any atom is 0.225 e. The third-order valence-corrected chi connectivity index (χ3v) is 1.50. The average molecular weight is 183 g/mol. The fourth-order valence-electron chi connectivity index (χ4n) is 0.645. The topological polar surface area (TPSA) is 57.8 Å². The Bertz CT molecular complexity index is 313. The first kappa shape index (κ1) is 8.86. The van der Waals surface area contributed by atoms with Gasteiger partial charge in [-0.25, -0.2) is 0 Å². The van der Waals surface area contributed by atoms with Crippen LogP contribution < -0.4 is 5.32 Å². The number of aromatic nitrogens is 2. The van der Waals surface area contributed by atoms with E-state index < -0.39 is 0 Å². The molecule has 1 amide bonds. The fraction of sp³-hybridized carbons (Fsp3) is 0.286. The molecule has 12 heavy (non-hydrogen) atoms. The molecule has 1 rings (SSSR count). The van der Waals surface area contributed by atoms with Crippen molar-refractivity contribution in [2.75, 3.05) is 5.32 Å². The lowest BCUT2D eigenvalue weighted by atomic mass is 10.4. The van der Waals surface area contributed by atoms with Crippen molar-refractivity contribution in [2.24, 2.45) is 0 Å². The van der Waals surface area contributed by atoms with Crippen LogP contribution in [-0.4, -0.2) is 16.1 Å². The number of carbonyl (C=O) groups is 1. The van der Waals surface area contributed by atoms with Crippen LogP contribution >= 0.6 is 12.2 Å². The summed E-state index contributed by atoms with van der Waals surface area (Å²) in [7, 11) is 0. The number of aromatic amines is 1. The maximum absolute atomic E-state index is 10.9. The molecule has 0 spiro atoms. The van der Waals surface area contributed by atoms with Crippen LogP contribution in [0.15, 0.2) is 12.1 Å². The van der Waals surface area contributed by atoms with E-state index in [9.17, 15) is 4.79 Å². The van der Waals surface area contributed by atoms with Crippen LogP contribution in [0.25, 0.3) is 0 Å². The molecule has 1 aromatic heterocycles. The van der Waals surface area contributed by atoms with Gasteiger partial charge in [0, 0.05) is 6.42 Å². The first-order valence-corrected chi connectivity index (χ1v) is 3.99. The van der Waals surface area contributed by atoms with Gasteiger partial charge in [-0.15, -0.1) is 0 Å². The van der Waals surface area contributed by atoms with Crippen molar-refractivity contribution in [3.63, 3.8) is 0 Å². The molecular weight excluding hydrogens is 174 g/mol. The summed E-state index contributed by atoms with van der Waals surface area (Å²) in [6, 6.07) is 3.33. The van der Waals surface area contributed by atoms with E-state index >= 15 is 0 Å². The summed E-state index contributed by atoms with van der Waals surface area (Å²) in [5.41, 5.74) is 0. The fourth-order valence-corrected chi connectivity index (χ4v) is 0.759. The Hall–Kier alpha value is -1.23. The van der Waals surface area contributed by atoms with E-state index in [4.69, 9.17) is 12.2 Å². The first-order chi connectivity index (χ1) is 5.72. The number of amides is 1. The normalized spacial score (nSPS) is 9.42. The number of H-pyrrole nitrogens is 1. The van der Waals surface area contributed by atoms with Crippen LogP contribution in [0.1, 0.15) is 13.3 Å². The number of hydrogen-bond acceptors (Lipinski definition) is 3. The minimum Gasteiger partial charge on any atom is -0.309 e. The molecule has 0 aliphatic heterocycles. The highest BCUT2D eigenvalue weighted by molar-refractivity contribution is 7.71. The Morgan fingerprint density at radius 2 is 2.50 bits per heavy atom. The molecule has 0 fully saturated rings. The van der Waals surface area contributed by atoms with Crippen LogP contribution in [0, 0.1) is 4.64 Å². The van der Waals surface area contributed by atoms with Crippen LogP contribution in [0.2, 0.25) is 0 Å². The molecule has 4 nitrogen and oxygen atoms in total. The second-order valence-corrected chi connectivity index (χ2v) is 2.65. The van der Waals surface area contributed by atoms with E-state index in [2.05, 4.69) is 15.5 Å². The molecule has 2 N–H and O–H groups in total. The first-order valence-electron chi connectivity index (χ1n) is 3.58. The van der Waals surface area contributed by atoms with E-state index in [0.29, 0.717) is 16.9 Å². The SMILES string of the molecule is CCC(=O)Nc1ccc(=S)[nH]n1. The van der Waals surface area contributed by atoms with Crippen molar-refractivity contribution in [2.45, 2.75) is 13.3 Å². The van der Waals surface area contributed by atoms with Gasteiger partial charge in [-0.3, -0.25) is 9.89 Å². The van der Waals surface area contributed by atoms with Gasteiger partial charge in [0.2, 0.25) is 5.91 Å². The zero-order valence-corrected chi connectivity index (χ0v) is 7.44. The third kappa shape index (κ3) is 2.43. The van der Waals surface area contributed by atoms with E-state index in [1.807, 2.05) is 0 Å². The van der Waals surface area contributed by atoms with Gasteiger partial charge in [0.1, 0.15) is 4.64 Å². The van der Waals surface area contributed by atoms with Crippen molar-refractivity contribution in [3.8, 4) is 0 Å². The van der Waals surface area contributed by atoms with Gasteiger partial charge in [-0.05, 0) is 12.1 Å². The van der Waals surface area contributed by atoms with E-state index in [0.717, 1.165) is 0 Å². The number of nitrogens with zero attached hydrogens (tertiary/aromatic N) is 1. The number of carbonyl (C=O) groups excluding carboxylic acids is 1. The van der Waals surface area contributed by atoms with Gasteiger partial charge >= 0.3 is 0 Å². The lowest BCUT2D eigenvalue weighted by Gasteiger charge is -1.99. The zero-order chi connectivity index (χ0) is 8.97. The molecule has 64 valence electrons. The summed E-state index contributed by atoms with van der Waals surface area (Å²) in [5, 5.41) is 8.98. The summed E-state index contributed by atoms with van der Waals surface area (Å²) in [6.07, 6.45) is 0.442. The quantitative estimate of drug-likeness (QED) is 0.683. The standard InChI is InChI=1S/C7H9N3OS/c1-2-6(11)8-5-3-4-7(12)10-9-5/h3-4H,2H2,1H3,(H,10,12)(H,8,9,11). The Kier molecular flexibility index (Phi) is 2.93. The summed E-state index contributed by atoms with van der Waals surface area (Å²) >= 11 is 4.78. The Morgan fingerprint density at radius 3 is 3.00 bits per heavy atom. The van der Waals surface area contributed by atoms with E-state index in [1.54, 1.807) is 19.1 Å². The largest absolute Gasteiger partial charge is 0.309 e. The number of hydrogen-bond donors (Lipinski definition) is 2. The molecular formula is C7H9N3OS. The van der Waals surface area contributed by atoms with Crippen LogP contribution in [-0.2, 0) is 4.79 Å². The highest BCUT2D eigenvalue weighted by Crippen LogP contribution is 1.99. The average Bonchev–Trinajstić information content (AvgIpc) is 2.09. The lowest BCUT2D eigenvalue weighted by Crippen LogP contribution is -2.10. The molecule has 1 heterocycles. The summed E-state index contributed by atoms with van der Waals surface area (Å²) < 4.78 is 0.546. The minimum atomic E-state index is -0.0620. The molecule has 0 saturated carbocycles. The van der Waals surface area contributed by atoms with E-state index in [1.165, 1.54) is 0 Å². The Morgan fingerprint density at radius 1 is 1.75 bits per heavy atom. The number of rotatable bonds is 2. The Labute approximate surface area is 75.0 Å². The van der Waals surface area contributed by atoms with Gasteiger partial charge in [0.25, 0.3) is 0 Å². The molecule has 0 unspecified atom stereocenters. The van der Waals surface area contributed by atoms with Gasteiger partial charge in [-0.1, -0.05) is 19.1 Å². The molecule has 1 aromatic rings. The summed E-state index contributed by atoms with van der Waals surface area (Å²) in [4.78, 5) is 10.9. The van der Waals surface area contributed by atoms with Crippen molar-refractivity contribution in [3.05, 3.63) is 16.8 Å². The van der Waals surface area contributed by atoms with E-state index in [-0.39, 0.29) is 5.91 Å². The van der Waals surface area contributed by atoms with Crippen LogP contribution in [0.5, 0.6) is 0 Å². The lowest BCUT2D eigenvalue weighted by molar-refractivity contribution is -0.115. The summed E-state index contributed by atoms with van der Waals surface area (Å²) in [6.45, 7) is 1.78. The predicted molar refractivity (Wildman–Crippen MR) is 48.3 cm³/mol. The molecule has 0 bridgehead atoms. The van der Waals surface area contributed by atoms with Gasteiger partial charge in [0.15, 0.2) is 5.82 Å². The van der Waals surface area contributed by atoms with Crippen molar-refractivity contribution in [1.82, 2.24) is 10.2 Å². The molecule has 0 radical (unpaired) electrons. The van der Waals surface area contributed by atoms with Crippen molar-refractivity contribution >= 4 is 23.9 Å². The van der Waals surface area contributed by atoms with Gasteiger partial charge in [0.05, 0.1) is 0 Å². The van der Waals surface area contributed by atoms with Gasteiger partial charge in [-0.2, -0.15) is 5.10 Å². The monoisotopic (exact) mass is 183 g/mol. The molecule has 0 aliphatic carbocycles. The molecule has 0 atom stereocenters. The molecule has 5 heteroatoms. The highest BCUT2D eigenvalue weighted by atomic mass is 32.1. The molecule has 0 aromatic carbocycles. The predicted octanol–water partition coefficient (Wildman–Crippen LogP) is 1.49. The zero-order valence-electron chi connectivity index (χ0n) is 6.63. The third-order valence-electron chi connectivity index (χ3n) is 1.27. The maximum atomic E-state index is 10.9. The molecule has 0 aliphatic rings.